The van der Waals surface area contributed by atoms with Gasteiger partial charge in [-0.25, -0.2) is 13.1 Å². The van der Waals surface area contributed by atoms with Crippen molar-refractivity contribution in [3.63, 3.8) is 0 Å². The maximum Gasteiger partial charge on any atom is 0.240 e. The lowest BCUT2D eigenvalue weighted by Gasteiger charge is -2.08. The number of hydrogen-bond acceptors (Lipinski definition) is 3. The Labute approximate surface area is 109 Å². The lowest BCUT2D eigenvalue weighted by molar-refractivity contribution is 0.281. The molecule has 4 nitrogen and oxygen atoms in total. The number of benzene rings is 1. The molecule has 0 aliphatic heterocycles. The molecule has 0 unspecified atom stereocenters. The van der Waals surface area contributed by atoms with Crippen LogP contribution in [0.25, 0.3) is 0 Å². The van der Waals surface area contributed by atoms with Crippen molar-refractivity contribution in [3.8, 4) is 0 Å². The zero-order valence-corrected chi connectivity index (χ0v) is 11.7. The number of aliphatic hydroxyl groups excluding tert-OH is 1. The molecule has 0 spiro atoms. The molecule has 5 heteroatoms. The summed E-state index contributed by atoms with van der Waals surface area (Å²) in [7, 11) is -3.45. The minimum atomic E-state index is -3.45. The van der Waals surface area contributed by atoms with Crippen molar-refractivity contribution in [3.05, 3.63) is 29.8 Å². The van der Waals surface area contributed by atoms with E-state index in [0.29, 0.717) is 18.0 Å². The van der Waals surface area contributed by atoms with Crippen molar-refractivity contribution in [1.82, 2.24) is 4.72 Å². The standard InChI is InChI=1S/C13H21NO3S/c1-11(2)5-4-8-14-18(16,17)13-7-3-6-12(9-13)10-15/h3,6-7,9,11,14-15H,4-5,8,10H2,1-2H3. The van der Waals surface area contributed by atoms with E-state index in [9.17, 15) is 8.42 Å². The Morgan fingerprint density at radius 3 is 2.67 bits per heavy atom. The largest absolute Gasteiger partial charge is 0.392 e. The van der Waals surface area contributed by atoms with Gasteiger partial charge in [0.25, 0.3) is 0 Å². The second-order valence-corrected chi connectivity index (χ2v) is 6.51. The van der Waals surface area contributed by atoms with Gasteiger partial charge in [-0.3, -0.25) is 0 Å². The Bertz CT molecular complexity index is 469. The number of sulfonamides is 1. The van der Waals surface area contributed by atoms with Gasteiger partial charge in [-0.15, -0.1) is 0 Å². The zero-order chi connectivity index (χ0) is 13.6. The molecular formula is C13H21NO3S. The van der Waals surface area contributed by atoms with Crippen LogP contribution in [0.5, 0.6) is 0 Å². The summed E-state index contributed by atoms with van der Waals surface area (Å²) >= 11 is 0. The highest BCUT2D eigenvalue weighted by Gasteiger charge is 2.13. The van der Waals surface area contributed by atoms with Gasteiger partial charge in [0.1, 0.15) is 0 Å². The van der Waals surface area contributed by atoms with E-state index in [1.165, 1.54) is 12.1 Å². The van der Waals surface area contributed by atoms with E-state index in [4.69, 9.17) is 5.11 Å². The Morgan fingerprint density at radius 1 is 1.33 bits per heavy atom. The molecule has 1 rings (SSSR count). The zero-order valence-electron chi connectivity index (χ0n) is 10.9. The van der Waals surface area contributed by atoms with Gasteiger partial charge in [0.2, 0.25) is 10.0 Å². The molecule has 1 aromatic carbocycles. The van der Waals surface area contributed by atoms with Gasteiger partial charge in [-0.05, 0) is 36.5 Å². The molecular weight excluding hydrogens is 250 g/mol. The SMILES string of the molecule is CC(C)CCCNS(=O)(=O)c1cccc(CO)c1. The maximum atomic E-state index is 12.0. The van der Waals surface area contributed by atoms with E-state index in [-0.39, 0.29) is 11.5 Å². The van der Waals surface area contributed by atoms with Crippen molar-refractivity contribution < 1.29 is 13.5 Å². The summed E-state index contributed by atoms with van der Waals surface area (Å²) in [5, 5.41) is 8.99. The smallest absolute Gasteiger partial charge is 0.240 e. The van der Waals surface area contributed by atoms with Crippen molar-refractivity contribution >= 4 is 10.0 Å². The monoisotopic (exact) mass is 271 g/mol. The van der Waals surface area contributed by atoms with E-state index in [2.05, 4.69) is 18.6 Å². The van der Waals surface area contributed by atoms with Gasteiger partial charge in [0.05, 0.1) is 11.5 Å². The molecule has 0 atom stereocenters. The summed E-state index contributed by atoms with van der Waals surface area (Å²) in [6.45, 7) is 4.51. The van der Waals surface area contributed by atoms with E-state index < -0.39 is 10.0 Å². The maximum absolute atomic E-state index is 12.0. The molecule has 2 N–H and O–H groups in total. The molecule has 0 amide bonds. The number of hydrogen-bond donors (Lipinski definition) is 2. The quantitative estimate of drug-likeness (QED) is 0.744. The van der Waals surface area contributed by atoms with E-state index in [1.54, 1.807) is 12.1 Å². The van der Waals surface area contributed by atoms with Crippen LogP contribution in [0.4, 0.5) is 0 Å². The molecule has 0 fully saturated rings. The lowest BCUT2D eigenvalue weighted by Crippen LogP contribution is -2.25. The van der Waals surface area contributed by atoms with E-state index in [1.807, 2.05) is 0 Å². The predicted octanol–water partition coefficient (Wildman–Crippen LogP) is 1.89. The third-order valence-electron chi connectivity index (χ3n) is 2.64. The molecule has 0 heterocycles. The second-order valence-electron chi connectivity index (χ2n) is 4.74. The molecule has 0 bridgehead atoms. The van der Waals surface area contributed by atoms with Crippen molar-refractivity contribution in [2.75, 3.05) is 6.54 Å². The van der Waals surface area contributed by atoms with Crippen molar-refractivity contribution in [2.24, 2.45) is 5.92 Å². The summed E-state index contributed by atoms with van der Waals surface area (Å²) in [6, 6.07) is 6.35. The van der Waals surface area contributed by atoms with Crippen molar-refractivity contribution in [1.29, 1.82) is 0 Å². The van der Waals surface area contributed by atoms with Gasteiger partial charge in [-0.2, -0.15) is 0 Å². The fourth-order valence-corrected chi connectivity index (χ4v) is 2.76. The molecule has 0 saturated carbocycles. The first-order chi connectivity index (χ1) is 8.45. The van der Waals surface area contributed by atoms with Crippen LogP contribution in [0.15, 0.2) is 29.2 Å². The fraction of sp³-hybridized carbons (Fsp3) is 0.538. The Hall–Kier alpha value is -0.910. The third-order valence-corrected chi connectivity index (χ3v) is 4.10. The normalized spacial score (nSPS) is 12.0. The average Bonchev–Trinajstić information content (AvgIpc) is 2.34. The van der Waals surface area contributed by atoms with Gasteiger partial charge in [0.15, 0.2) is 0 Å². The van der Waals surface area contributed by atoms with Gasteiger partial charge in [-0.1, -0.05) is 26.0 Å². The first-order valence-corrected chi connectivity index (χ1v) is 7.63. The van der Waals surface area contributed by atoms with E-state index >= 15 is 0 Å². The number of aliphatic hydroxyl groups is 1. The second kappa shape index (κ2) is 6.87. The lowest BCUT2D eigenvalue weighted by atomic mass is 10.1. The fourth-order valence-electron chi connectivity index (χ4n) is 1.61. The van der Waals surface area contributed by atoms with Crippen LogP contribution < -0.4 is 4.72 Å². The van der Waals surface area contributed by atoms with Crippen LogP contribution in [0.2, 0.25) is 0 Å². The predicted molar refractivity (Wildman–Crippen MR) is 71.6 cm³/mol. The first-order valence-electron chi connectivity index (χ1n) is 6.15. The van der Waals surface area contributed by atoms with Crippen LogP contribution in [-0.2, 0) is 16.6 Å². The van der Waals surface area contributed by atoms with Crippen LogP contribution in [0.3, 0.4) is 0 Å². The Kier molecular flexibility index (Phi) is 5.78. The highest BCUT2D eigenvalue weighted by atomic mass is 32.2. The summed E-state index contributed by atoms with van der Waals surface area (Å²) in [6.07, 6.45) is 1.83. The van der Waals surface area contributed by atoms with E-state index in [0.717, 1.165) is 12.8 Å². The molecule has 0 saturated heterocycles. The minimum absolute atomic E-state index is 0.156. The number of nitrogens with one attached hydrogen (secondary N) is 1. The molecule has 0 radical (unpaired) electrons. The van der Waals surface area contributed by atoms with Gasteiger partial charge < -0.3 is 5.11 Å². The Morgan fingerprint density at radius 2 is 2.06 bits per heavy atom. The molecule has 18 heavy (non-hydrogen) atoms. The Balaban J connectivity index is 2.62. The van der Waals surface area contributed by atoms with Crippen LogP contribution in [0, 0.1) is 5.92 Å². The van der Waals surface area contributed by atoms with Crippen molar-refractivity contribution in [2.45, 2.75) is 38.2 Å². The first kappa shape index (κ1) is 15.1. The molecule has 102 valence electrons. The average molecular weight is 271 g/mol. The van der Waals surface area contributed by atoms with Gasteiger partial charge >= 0.3 is 0 Å². The molecule has 0 aliphatic carbocycles. The highest BCUT2D eigenvalue weighted by Crippen LogP contribution is 2.11. The molecule has 1 aromatic rings. The topological polar surface area (TPSA) is 66.4 Å². The summed E-state index contributed by atoms with van der Waals surface area (Å²) in [4.78, 5) is 0.207. The summed E-state index contributed by atoms with van der Waals surface area (Å²) < 4.78 is 26.5. The van der Waals surface area contributed by atoms with Gasteiger partial charge in [0, 0.05) is 6.54 Å². The van der Waals surface area contributed by atoms with Crippen LogP contribution in [0.1, 0.15) is 32.3 Å². The van der Waals surface area contributed by atoms with Crippen LogP contribution in [-0.4, -0.2) is 20.1 Å². The van der Waals surface area contributed by atoms with Crippen LogP contribution >= 0.6 is 0 Å². The molecule has 0 aromatic heterocycles. The summed E-state index contributed by atoms with van der Waals surface area (Å²) in [5.41, 5.74) is 0.597. The highest BCUT2D eigenvalue weighted by molar-refractivity contribution is 7.89. The minimum Gasteiger partial charge on any atom is -0.392 e. The molecule has 0 aliphatic rings. The third kappa shape index (κ3) is 4.76. The summed E-state index contributed by atoms with van der Waals surface area (Å²) in [5.74, 6) is 0.576. The number of rotatable bonds is 7.